The van der Waals surface area contributed by atoms with Crippen molar-refractivity contribution in [3.63, 3.8) is 0 Å². The van der Waals surface area contributed by atoms with E-state index in [1.807, 2.05) is 36.5 Å². The maximum atomic E-state index is 5.50. The van der Waals surface area contributed by atoms with E-state index in [0.717, 1.165) is 44.2 Å². The van der Waals surface area contributed by atoms with Gasteiger partial charge in [0.25, 0.3) is 0 Å². The fourth-order valence-electron chi connectivity index (χ4n) is 3.24. The van der Waals surface area contributed by atoms with Gasteiger partial charge in [0.05, 0.1) is 19.0 Å². The molecule has 1 atom stereocenters. The highest BCUT2D eigenvalue weighted by atomic mass is 16.5. The number of rotatable bonds is 6. The van der Waals surface area contributed by atoms with Crippen molar-refractivity contribution < 1.29 is 4.74 Å². The lowest BCUT2D eigenvalue weighted by Crippen LogP contribution is -2.52. The Bertz CT molecular complexity index is 626. The lowest BCUT2D eigenvalue weighted by molar-refractivity contribution is 0.198. The van der Waals surface area contributed by atoms with Gasteiger partial charge >= 0.3 is 0 Å². The summed E-state index contributed by atoms with van der Waals surface area (Å²) in [5.74, 6) is 1.89. The minimum atomic E-state index is 0.319. The van der Waals surface area contributed by atoms with Gasteiger partial charge in [0.15, 0.2) is 0 Å². The molecule has 0 amide bonds. The average molecular weight is 326 g/mol. The van der Waals surface area contributed by atoms with Crippen LogP contribution in [0.3, 0.4) is 0 Å². The van der Waals surface area contributed by atoms with Crippen LogP contribution in [0.5, 0.6) is 5.75 Å². The Balaban J connectivity index is 1.61. The third-order valence-electron chi connectivity index (χ3n) is 4.55. The second-order valence-electron chi connectivity index (χ2n) is 5.98. The molecule has 1 aliphatic heterocycles. The molecule has 1 fully saturated rings. The highest BCUT2D eigenvalue weighted by molar-refractivity contribution is 5.58. The first-order valence-corrected chi connectivity index (χ1v) is 8.61. The van der Waals surface area contributed by atoms with Crippen LogP contribution in [0.2, 0.25) is 0 Å². The molecule has 128 valence electrons. The number of pyridine rings is 1. The maximum Gasteiger partial charge on any atom is 0.142 e. The number of nitrogens with zero attached hydrogens (tertiary/aromatic N) is 3. The van der Waals surface area contributed by atoms with Crippen LogP contribution in [0.4, 0.5) is 11.5 Å². The summed E-state index contributed by atoms with van der Waals surface area (Å²) in [5.41, 5.74) is 1.19. The molecule has 1 unspecified atom stereocenters. The third-order valence-corrected chi connectivity index (χ3v) is 4.55. The van der Waals surface area contributed by atoms with Crippen LogP contribution in [0.1, 0.15) is 13.3 Å². The van der Waals surface area contributed by atoms with Gasteiger partial charge in [-0.25, -0.2) is 4.98 Å². The summed E-state index contributed by atoms with van der Waals surface area (Å²) in [7, 11) is 1.74. The quantitative estimate of drug-likeness (QED) is 0.883. The molecule has 0 spiro atoms. The SMILES string of the molecule is CCC(Nc1ccccn1)N1CCN(c2ccccc2OC)CC1. The van der Waals surface area contributed by atoms with E-state index in [1.165, 1.54) is 5.69 Å². The van der Waals surface area contributed by atoms with Crippen LogP contribution in [-0.2, 0) is 0 Å². The number of benzene rings is 1. The number of methoxy groups -OCH3 is 1. The Hall–Kier alpha value is -2.27. The molecule has 24 heavy (non-hydrogen) atoms. The number of aromatic nitrogens is 1. The molecule has 0 bridgehead atoms. The minimum absolute atomic E-state index is 0.319. The van der Waals surface area contributed by atoms with Crippen LogP contribution in [0, 0.1) is 0 Å². The highest BCUT2D eigenvalue weighted by Crippen LogP contribution is 2.28. The largest absolute Gasteiger partial charge is 0.495 e. The zero-order valence-electron chi connectivity index (χ0n) is 14.5. The Morgan fingerprint density at radius 2 is 1.83 bits per heavy atom. The first kappa shape index (κ1) is 16.6. The first-order valence-electron chi connectivity index (χ1n) is 8.61. The van der Waals surface area contributed by atoms with Gasteiger partial charge in [-0.2, -0.15) is 0 Å². The Morgan fingerprint density at radius 1 is 1.08 bits per heavy atom. The lowest BCUT2D eigenvalue weighted by atomic mass is 10.2. The summed E-state index contributed by atoms with van der Waals surface area (Å²) >= 11 is 0. The number of ether oxygens (including phenoxy) is 1. The minimum Gasteiger partial charge on any atom is -0.495 e. The van der Waals surface area contributed by atoms with E-state index in [-0.39, 0.29) is 0 Å². The molecule has 2 heterocycles. The highest BCUT2D eigenvalue weighted by Gasteiger charge is 2.24. The normalized spacial score (nSPS) is 16.7. The van der Waals surface area contributed by atoms with E-state index in [1.54, 1.807) is 7.11 Å². The Morgan fingerprint density at radius 3 is 2.50 bits per heavy atom. The zero-order valence-corrected chi connectivity index (χ0v) is 14.5. The average Bonchev–Trinajstić information content (AvgIpc) is 2.67. The summed E-state index contributed by atoms with van der Waals surface area (Å²) in [5, 5.41) is 3.55. The molecule has 5 nitrogen and oxygen atoms in total. The van der Waals surface area contributed by atoms with Crippen LogP contribution in [-0.4, -0.2) is 49.3 Å². The van der Waals surface area contributed by atoms with E-state index in [2.05, 4.69) is 39.2 Å². The van der Waals surface area contributed by atoms with Gasteiger partial charge in [-0.05, 0) is 30.7 Å². The van der Waals surface area contributed by atoms with Gasteiger partial charge in [0, 0.05) is 32.4 Å². The number of hydrogen-bond donors (Lipinski definition) is 1. The second kappa shape index (κ2) is 8.02. The molecule has 1 aromatic heterocycles. The van der Waals surface area contributed by atoms with Crippen molar-refractivity contribution >= 4 is 11.5 Å². The lowest BCUT2D eigenvalue weighted by Gasteiger charge is -2.40. The van der Waals surface area contributed by atoms with Gasteiger partial charge < -0.3 is 15.0 Å². The molecule has 1 N–H and O–H groups in total. The van der Waals surface area contributed by atoms with Gasteiger partial charge in [-0.3, -0.25) is 4.90 Å². The summed E-state index contributed by atoms with van der Waals surface area (Å²) < 4.78 is 5.50. The fourth-order valence-corrected chi connectivity index (χ4v) is 3.24. The molecule has 0 aliphatic carbocycles. The van der Waals surface area contributed by atoms with Gasteiger partial charge in [-0.15, -0.1) is 0 Å². The molecule has 3 rings (SSSR count). The molecule has 1 saturated heterocycles. The smallest absolute Gasteiger partial charge is 0.142 e. The van der Waals surface area contributed by atoms with E-state index in [9.17, 15) is 0 Å². The second-order valence-corrected chi connectivity index (χ2v) is 5.98. The molecule has 1 aromatic carbocycles. The Labute approximate surface area is 144 Å². The predicted molar refractivity (Wildman–Crippen MR) is 98.7 cm³/mol. The molecular formula is C19H26N4O. The van der Waals surface area contributed by atoms with Crippen molar-refractivity contribution in [1.82, 2.24) is 9.88 Å². The van der Waals surface area contributed by atoms with Gasteiger partial charge in [0.1, 0.15) is 11.6 Å². The molecule has 2 aromatic rings. The van der Waals surface area contributed by atoms with E-state index in [4.69, 9.17) is 4.74 Å². The first-order chi connectivity index (χ1) is 11.8. The van der Waals surface area contributed by atoms with Crippen molar-refractivity contribution in [2.75, 3.05) is 43.5 Å². The van der Waals surface area contributed by atoms with Crippen molar-refractivity contribution in [3.8, 4) is 5.75 Å². The molecule has 5 heteroatoms. The number of anilines is 2. The standard InChI is InChI=1S/C19H26N4O/c1-3-19(21-18-10-6-7-11-20-18)23-14-12-22(13-15-23)16-8-4-5-9-17(16)24-2/h4-11,19H,3,12-15H2,1-2H3,(H,20,21). The number of piperazine rings is 1. The number of hydrogen-bond acceptors (Lipinski definition) is 5. The van der Waals surface area contributed by atoms with Gasteiger partial charge in [0.2, 0.25) is 0 Å². The zero-order chi connectivity index (χ0) is 16.8. The van der Waals surface area contributed by atoms with Gasteiger partial charge in [-0.1, -0.05) is 25.1 Å². The fraction of sp³-hybridized carbons (Fsp3) is 0.421. The van der Waals surface area contributed by atoms with E-state index >= 15 is 0 Å². The molecule has 0 saturated carbocycles. The van der Waals surface area contributed by atoms with Crippen molar-refractivity contribution in [1.29, 1.82) is 0 Å². The van der Waals surface area contributed by atoms with E-state index in [0.29, 0.717) is 6.17 Å². The topological polar surface area (TPSA) is 40.6 Å². The number of nitrogens with one attached hydrogen (secondary N) is 1. The van der Waals surface area contributed by atoms with Crippen LogP contribution >= 0.6 is 0 Å². The summed E-state index contributed by atoms with van der Waals surface area (Å²) in [6.07, 6.45) is 3.19. The maximum absolute atomic E-state index is 5.50. The molecular weight excluding hydrogens is 300 g/mol. The summed E-state index contributed by atoms with van der Waals surface area (Å²) in [6.45, 7) is 6.27. The Kier molecular flexibility index (Phi) is 5.54. The molecule has 1 aliphatic rings. The van der Waals surface area contributed by atoms with Crippen LogP contribution in [0.25, 0.3) is 0 Å². The van der Waals surface area contributed by atoms with Crippen molar-refractivity contribution in [2.45, 2.75) is 19.5 Å². The predicted octanol–water partition coefficient (Wildman–Crippen LogP) is 3.06. The monoisotopic (exact) mass is 326 g/mol. The van der Waals surface area contributed by atoms with E-state index < -0.39 is 0 Å². The van der Waals surface area contributed by atoms with Crippen LogP contribution in [0.15, 0.2) is 48.7 Å². The summed E-state index contributed by atoms with van der Waals surface area (Å²) in [6, 6.07) is 14.2. The van der Waals surface area contributed by atoms with Crippen molar-refractivity contribution in [3.05, 3.63) is 48.7 Å². The molecule has 0 radical (unpaired) electrons. The van der Waals surface area contributed by atoms with Crippen molar-refractivity contribution in [2.24, 2.45) is 0 Å². The number of para-hydroxylation sites is 2. The van der Waals surface area contributed by atoms with Crippen LogP contribution < -0.4 is 15.0 Å². The summed E-state index contributed by atoms with van der Waals surface area (Å²) in [4.78, 5) is 9.29. The third kappa shape index (κ3) is 3.79.